The van der Waals surface area contributed by atoms with E-state index in [1.165, 1.54) is 19.3 Å². The number of amides is 1. The molecule has 0 atom stereocenters. The van der Waals surface area contributed by atoms with Crippen molar-refractivity contribution in [3.63, 3.8) is 0 Å². The van der Waals surface area contributed by atoms with Gasteiger partial charge in [0.05, 0.1) is 12.6 Å². The van der Waals surface area contributed by atoms with E-state index in [4.69, 9.17) is 26.3 Å². The van der Waals surface area contributed by atoms with Gasteiger partial charge in [-0.3, -0.25) is 4.79 Å². The quantitative estimate of drug-likeness (QED) is 0.409. The zero-order valence-corrected chi connectivity index (χ0v) is 20.4. The molecule has 3 aromatic rings. The van der Waals surface area contributed by atoms with Crippen LogP contribution < -0.4 is 15.0 Å². The summed E-state index contributed by atoms with van der Waals surface area (Å²) < 4.78 is 5.20. The number of rotatable bonds is 8. The molecule has 0 aliphatic heterocycles. The van der Waals surface area contributed by atoms with Crippen LogP contribution in [0.4, 0.5) is 11.5 Å². The van der Waals surface area contributed by atoms with Gasteiger partial charge < -0.3 is 15.0 Å². The predicted molar refractivity (Wildman–Crippen MR) is 137 cm³/mol. The van der Waals surface area contributed by atoms with Crippen LogP contribution in [0.25, 0.3) is 10.9 Å². The maximum Gasteiger partial charge on any atom is 0.226 e. The normalized spacial score (nSPS) is 16.4. The van der Waals surface area contributed by atoms with Gasteiger partial charge in [0.2, 0.25) is 5.91 Å². The first kappa shape index (κ1) is 22.9. The highest BCUT2D eigenvalue weighted by atomic mass is 35.5. The van der Waals surface area contributed by atoms with Crippen molar-refractivity contribution in [3.05, 3.63) is 53.3 Å². The molecule has 0 radical (unpaired) electrons. The van der Waals surface area contributed by atoms with Crippen molar-refractivity contribution in [3.8, 4) is 5.75 Å². The van der Waals surface area contributed by atoms with Crippen LogP contribution in [0.15, 0.2) is 42.5 Å². The van der Waals surface area contributed by atoms with Crippen molar-refractivity contribution >= 4 is 39.9 Å². The van der Waals surface area contributed by atoms with Gasteiger partial charge in [-0.05, 0) is 68.1 Å². The minimum atomic E-state index is -0.00482. The number of nitrogens with one attached hydrogen (secondary N) is 1. The highest BCUT2D eigenvalue weighted by Crippen LogP contribution is 2.41. The zero-order chi connectivity index (χ0) is 23.5. The minimum absolute atomic E-state index is 0.00482. The molecule has 178 valence electrons. The number of carbonyl (C=O) groups excluding carboxylic acids is 1. The summed E-state index contributed by atoms with van der Waals surface area (Å²) in [5.74, 6) is 3.06. The van der Waals surface area contributed by atoms with E-state index in [0.717, 1.165) is 59.7 Å². The summed E-state index contributed by atoms with van der Waals surface area (Å²) in [6.45, 7) is 0.617. The monoisotopic (exact) mass is 478 g/mol. The van der Waals surface area contributed by atoms with Gasteiger partial charge in [0, 0.05) is 41.0 Å². The van der Waals surface area contributed by atoms with Gasteiger partial charge in [-0.1, -0.05) is 30.9 Å². The maximum atomic E-state index is 12.9. The van der Waals surface area contributed by atoms with Crippen molar-refractivity contribution < 1.29 is 9.53 Å². The SMILES string of the molecule is COc1ccc(NC(=O)CCN(c2nc(C3CC3)nc3cc(Cl)ccc23)C2CCCCC2)cc1. The molecule has 1 amide bonds. The Balaban J connectivity index is 1.41. The van der Waals surface area contributed by atoms with Crippen LogP contribution in [0.3, 0.4) is 0 Å². The molecule has 2 aliphatic rings. The Morgan fingerprint density at radius 3 is 2.53 bits per heavy atom. The second-order valence-corrected chi connectivity index (χ2v) is 9.79. The topological polar surface area (TPSA) is 67.3 Å². The van der Waals surface area contributed by atoms with Crippen LogP contribution in [0.5, 0.6) is 5.75 Å². The Labute approximate surface area is 205 Å². The number of halogens is 1. The van der Waals surface area contributed by atoms with Crippen LogP contribution in [0.2, 0.25) is 5.02 Å². The van der Waals surface area contributed by atoms with Crippen LogP contribution in [-0.2, 0) is 4.79 Å². The van der Waals surface area contributed by atoms with E-state index in [9.17, 15) is 4.79 Å². The Morgan fingerprint density at radius 2 is 1.82 bits per heavy atom. The van der Waals surface area contributed by atoms with Crippen LogP contribution in [-0.4, -0.2) is 35.6 Å². The summed E-state index contributed by atoms with van der Waals surface area (Å²) in [5, 5.41) is 4.71. The van der Waals surface area contributed by atoms with Gasteiger partial charge in [-0.15, -0.1) is 0 Å². The number of anilines is 2. The molecule has 2 aliphatic carbocycles. The van der Waals surface area contributed by atoms with Crippen molar-refractivity contribution in [2.24, 2.45) is 0 Å². The largest absolute Gasteiger partial charge is 0.497 e. The first-order valence-corrected chi connectivity index (χ1v) is 12.7. The second kappa shape index (κ2) is 10.2. The van der Waals surface area contributed by atoms with Gasteiger partial charge in [0.1, 0.15) is 17.4 Å². The summed E-state index contributed by atoms with van der Waals surface area (Å²) in [6, 6.07) is 13.7. The highest BCUT2D eigenvalue weighted by Gasteiger charge is 2.30. The van der Waals surface area contributed by atoms with Gasteiger partial charge in [-0.25, -0.2) is 9.97 Å². The summed E-state index contributed by atoms with van der Waals surface area (Å²) in [7, 11) is 1.63. The Bertz CT molecular complexity index is 1160. The highest BCUT2D eigenvalue weighted by molar-refractivity contribution is 6.31. The molecule has 1 aromatic heterocycles. The standard InChI is InChI=1S/C27H31ClN4O2/c1-34-22-12-10-20(11-13-22)29-25(33)15-16-32(21-5-3-2-4-6-21)27-23-14-9-19(28)17-24(23)30-26(31-27)18-7-8-18/h9-14,17-18,21H,2-8,15-16H2,1H3,(H,29,33). The van der Waals surface area contributed by atoms with Crippen LogP contribution in [0.1, 0.15) is 63.1 Å². The lowest BCUT2D eigenvalue weighted by atomic mass is 9.93. The fourth-order valence-corrected chi connectivity index (χ4v) is 4.99. The summed E-state index contributed by atoms with van der Waals surface area (Å²) in [6.07, 6.45) is 8.61. The van der Waals surface area contributed by atoms with E-state index in [1.54, 1.807) is 7.11 Å². The zero-order valence-electron chi connectivity index (χ0n) is 19.6. The lowest BCUT2D eigenvalue weighted by molar-refractivity contribution is -0.116. The van der Waals surface area contributed by atoms with E-state index >= 15 is 0 Å². The third-order valence-electron chi connectivity index (χ3n) is 6.84. The van der Waals surface area contributed by atoms with Crippen molar-refractivity contribution in [1.82, 2.24) is 9.97 Å². The number of hydrogen-bond donors (Lipinski definition) is 1. The number of fused-ring (bicyclic) bond motifs is 1. The molecule has 34 heavy (non-hydrogen) atoms. The Morgan fingerprint density at radius 1 is 1.06 bits per heavy atom. The molecule has 5 rings (SSSR count). The molecular formula is C27H31ClN4O2. The van der Waals surface area contributed by atoms with Crippen LogP contribution in [0, 0.1) is 0 Å². The number of methoxy groups -OCH3 is 1. The first-order valence-electron chi connectivity index (χ1n) is 12.3. The summed E-state index contributed by atoms with van der Waals surface area (Å²) >= 11 is 6.31. The fraction of sp³-hybridized carbons (Fsp3) is 0.444. The van der Waals surface area contributed by atoms with Crippen molar-refractivity contribution in [2.75, 3.05) is 23.9 Å². The van der Waals surface area contributed by atoms with E-state index in [-0.39, 0.29) is 5.91 Å². The number of aromatic nitrogens is 2. The van der Waals surface area contributed by atoms with Gasteiger partial charge in [0.25, 0.3) is 0 Å². The third-order valence-corrected chi connectivity index (χ3v) is 7.07. The van der Waals surface area contributed by atoms with E-state index in [2.05, 4.69) is 10.2 Å². The summed E-state index contributed by atoms with van der Waals surface area (Å²) in [4.78, 5) is 25.1. The Kier molecular flexibility index (Phi) is 6.86. The molecule has 0 bridgehead atoms. The van der Waals surface area contributed by atoms with E-state index < -0.39 is 0 Å². The number of carbonyl (C=O) groups is 1. The van der Waals surface area contributed by atoms with Gasteiger partial charge >= 0.3 is 0 Å². The molecule has 0 saturated heterocycles. The molecular weight excluding hydrogens is 448 g/mol. The third kappa shape index (κ3) is 5.27. The molecule has 1 heterocycles. The average Bonchev–Trinajstić information content (AvgIpc) is 3.70. The Hall–Kier alpha value is -2.86. The first-order chi connectivity index (χ1) is 16.6. The van der Waals surface area contributed by atoms with E-state index in [1.807, 2.05) is 42.5 Å². The summed E-state index contributed by atoms with van der Waals surface area (Å²) in [5.41, 5.74) is 1.66. The molecule has 2 saturated carbocycles. The number of ether oxygens (including phenoxy) is 1. The number of benzene rings is 2. The molecule has 0 spiro atoms. The average molecular weight is 479 g/mol. The second-order valence-electron chi connectivity index (χ2n) is 9.35. The van der Waals surface area contributed by atoms with Gasteiger partial charge in [0.15, 0.2) is 0 Å². The van der Waals surface area contributed by atoms with Gasteiger partial charge in [-0.2, -0.15) is 0 Å². The smallest absolute Gasteiger partial charge is 0.226 e. The van der Waals surface area contributed by atoms with E-state index in [0.29, 0.717) is 29.9 Å². The molecule has 0 unspecified atom stereocenters. The molecule has 6 nitrogen and oxygen atoms in total. The van der Waals surface area contributed by atoms with Crippen molar-refractivity contribution in [2.45, 2.75) is 63.3 Å². The molecule has 2 aromatic carbocycles. The van der Waals surface area contributed by atoms with Crippen molar-refractivity contribution in [1.29, 1.82) is 0 Å². The molecule has 1 N–H and O–H groups in total. The van der Waals surface area contributed by atoms with Crippen LogP contribution >= 0.6 is 11.6 Å². The number of hydrogen-bond acceptors (Lipinski definition) is 5. The predicted octanol–water partition coefficient (Wildman–Crippen LogP) is 6.34. The fourth-order valence-electron chi connectivity index (χ4n) is 4.82. The minimum Gasteiger partial charge on any atom is -0.497 e. The molecule has 2 fully saturated rings. The lowest BCUT2D eigenvalue weighted by Gasteiger charge is -2.36. The maximum absolute atomic E-state index is 12.9. The number of nitrogens with zero attached hydrogens (tertiary/aromatic N) is 3. The lowest BCUT2D eigenvalue weighted by Crippen LogP contribution is -2.39. The molecule has 7 heteroatoms.